The van der Waals surface area contributed by atoms with Gasteiger partial charge in [0, 0.05) is 24.2 Å². The molecule has 0 radical (unpaired) electrons. The molecule has 2 heterocycles. The molecule has 0 spiro atoms. The number of anilines is 2. The van der Waals surface area contributed by atoms with Crippen LogP contribution < -0.4 is 15.8 Å². The minimum atomic E-state index is -0.518. The number of nitrogens with two attached hydrogens (primary N) is 1. The number of likely N-dealkylation sites (tertiary alicyclic amines) is 1. The summed E-state index contributed by atoms with van der Waals surface area (Å²) in [6.45, 7) is 6.27. The van der Waals surface area contributed by atoms with Gasteiger partial charge in [-0.1, -0.05) is 18.2 Å². The summed E-state index contributed by atoms with van der Waals surface area (Å²) in [6.07, 6.45) is 2.84. The number of carbonyl (C=O) groups is 1. The van der Waals surface area contributed by atoms with Crippen LogP contribution in [0.1, 0.15) is 44.7 Å². The minimum absolute atomic E-state index is 0.117. The van der Waals surface area contributed by atoms with Crippen molar-refractivity contribution in [3.05, 3.63) is 72.1 Å². The Balaban J connectivity index is 1.28. The van der Waals surface area contributed by atoms with Crippen molar-refractivity contribution in [1.29, 1.82) is 5.41 Å². The Labute approximate surface area is 216 Å². The molecular formula is C28H32N6O3. The maximum absolute atomic E-state index is 12.6. The Bertz CT molecular complexity index is 1290. The highest BCUT2D eigenvalue weighted by Gasteiger charge is 2.48. The van der Waals surface area contributed by atoms with Crippen LogP contribution in [0.15, 0.2) is 60.9 Å². The molecule has 5 rings (SSSR count). The number of nitrogen functional groups attached to an aromatic ring is 1. The van der Waals surface area contributed by atoms with Gasteiger partial charge in [-0.3, -0.25) is 5.41 Å². The molecule has 2 aliphatic rings. The van der Waals surface area contributed by atoms with E-state index in [1.165, 1.54) is 6.33 Å². The third-order valence-corrected chi connectivity index (χ3v) is 6.74. The summed E-state index contributed by atoms with van der Waals surface area (Å²) in [6, 6.07) is 17.1. The molecule has 9 heteroatoms. The lowest BCUT2D eigenvalue weighted by atomic mass is 10.0. The fraction of sp³-hybridized carbons (Fsp3) is 0.357. The van der Waals surface area contributed by atoms with Gasteiger partial charge in [-0.15, -0.1) is 0 Å². The predicted molar refractivity (Wildman–Crippen MR) is 142 cm³/mol. The zero-order chi connectivity index (χ0) is 26.2. The summed E-state index contributed by atoms with van der Waals surface area (Å²) in [5.74, 6) is 2.46. The van der Waals surface area contributed by atoms with Crippen LogP contribution in [0.2, 0.25) is 0 Å². The molecule has 1 aliphatic carbocycles. The number of nitrogens with one attached hydrogen (secondary N) is 2. The van der Waals surface area contributed by atoms with Gasteiger partial charge in [-0.2, -0.15) is 0 Å². The first-order valence-corrected chi connectivity index (χ1v) is 12.5. The number of para-hydroxylation sites is 1. The third-order valence-electron chi connectivity index (χ3n) is 6.74. The lowest BCUT2D eigenvalue weighted by molar-refractivity contribution is 0.0186. The van der Waals surface area contributed by atoms with Crippen molar-refractivity contribution in [2.45, 2.75) is 51.3 Å². The molecule has 3 unspecified atom stereocenters. The van der Waals surface area contributed by atoms with E-state index < -0.39 is 5.60 Å². The van der Waals surface area contributed by atoms with Crippen molar-refractivity contribution >= 4 is 23.4 Å². The van der Waals surface area contributed by atoms with E-state index in [0.29, 0.717) is 29.2 Å². The number of aromatic nitrogens is 2. The second-order valence-corrected chi connectivity index (χ2v) is 10.6. The SMILES string of the molecule is CC(C)(C)OC(=O)N1CC2CC1CC2Nc1ncnc(N)c1C(=N)c1ccc(Oc2ccccc2)cc1. The highest BCUT2D eigenvalue weighted by atomic mass is 16.6. The molecule has 1 amide bonds. The maximum atomic E-state index is 12.6. The summed E-state index contributed by atoms with van der Waals surface area (Å²) in [4.78, 5) is 23.0. The molecule has 2 aromatic carbocycles. The lowest BCUT2D eigenvalue weighted by Crippen LogP contribution is -2.45. The van der Waals surface area contributed by atoms with Crippen molar-refractivity contribution in [3.8, 4) is 11.5 Å². The van der Waals surface area contributed by atoms with Gasteiger partial charge < -0.3 is 25.4 Å². The standard InChI is InChI=1S/C28H32N6O3/c1-28(2,3)37-27(35)34-15-18-13-19(34)14-22(18)33-26-23(25(30)31-16-32-26)24(29)17-9-11-21(12-10-17)36-20-7-5-4-6-8-20/h4-12,16,18-19,22,29H,13-15H2,1-3H3,(H3,30,31,32,33). The highest BCUT2D eigenvalue weighted by Crippen LogP contribution is 2.40. The molecule has 1 saturated carbocycles. The predicted octanol–water partition coefficient (Wildman–Crippen LogP) is 5.08. The molecule has 3 atom stereocenters. The number of hydrogen-bond acceptors (Lipinski definition) is 8. The fourth-order valence-electron chi connectivity index (χ4n) is 5.06. The molecule has 3 aromatic rings. The van der Waals surface area contributed by atoms with Crippen molar-refractivity contribution in [3.63, 3.8) is 0 Å². The first kappa shape index (κ1) is 24.5. The van der Waals surface area contributed by atoms with E-state index in [1.807, 2.05) is 80.3 Å². The zero-order valence-corrected chi connectivity index (χ0v) is 21.3. The summed E-state index contributed by atoms with van der Waals surface area (Å²) in [5.41, 5.74) is 7.08. The number of benzene rings is 2. The van der Waals surface area contributed by atoms with Gasteiger partial charge >= 0.3 is 6.09 Å². The van der Waals surface area contributed by atoms with E-state index in [2.05, 4.69) is 15.3 Å². The summed E-state index contributed by atoms with van der Waals surface area (Å²) >= 11 is 0. The molecule has 2 bridgehead atoms. The van der Waals surface area contributed by atoms with Crippen molar-refractivity contribution in [1.82, 2.24) is 14.9 Å². The first-order valence-electron chi connectivity index (χ1n) is 12.5. The molecule has 192 valence electrons. The molecule has 37 heavy (non-hydrogen) atoms. The monoisotopic (exact) mass is 500 g/mol. The van der Waals surface area contributed by atoms with Crippen LogP contribution >= 0.6 is 0 Å². The van der Waals surface area contributed by atoms with Crippen LogP contribution in [0.4, 0.5) is 16.4 Å². The Kier molecular flexibility index (Phi) is 6.45. The Hall–Kier alpha value is -4.14. The van der Waals surface area contributed by atoms with Gasteiger partial charge in [0.05, 0.1) is 11.3 Å². The zero-order valence-electron chi connectivity index (χ0n) is 21.3. The van der Waals surface area contributed by atoms with Gasteiger partial charge in [-0.25, -0.2) is 14.8 Å². The number of carbonyl (C=O) groups excluding carboxylic acids is 1. The van der Waals surface area contributed by atoms with Crippen LogP contribution in [-0.2, 0) is 4.74 Å². The van der Waals surface area contributed by atoms with E-state index >= 15 is 0 Å². The number of ether oxygens (including phenoxy) is 2. The quantitative estimate of drug-likeness (QED) is 0.403. The van der Waals surface area contributed by atoms with Crippen LogP contribution in [0.5, 0.6) is 11.5 Å². The summed E-state index contributed by atoms with van der Waals surface area (Å²) < 4.78 is 11.4. The molecule has 1 saturated heterocycles. The normalized spacial score (nSPS) is 20.5. The van der Waals surface area contributed by atoms with E-state index in [9.17, 15) is 4.79 Å². The summed E-state index contributed by atoms with van der Waals surface area (Å²) in [7, 11) is 0. The topological polar surface area (TPSA) is 126 Å². The van der Waals surface area contributed by atoms with E-state index in [1.54, 1.807) is 0 Å². The first-order chi connectivity index (χ1) is 17.7. The van der Waals surface area contributed by atoms with Crippen LogP contribution in [0.3, 0.4) is 0 Å². The molecule has 2 fully saturated rings. The smallest absolute Gasteiger partial charge is 0.410 e. The summed E-state index contributed by atoms with van der Waals surface area (Å²) in [5, 5.41) is 12.4. The molecule has 9 nitrogen and oxygen atoms in total. The van der Waals surface area contributed by atoms with Crippen molar-refractivity contribution < 1.29 is 14.3 Å². The van der Waals surface area contributed by atoms with Gasteiger partial charge in [0.2, 0.25) is 0 Å². The Morgan fingerprint density at radius 2 is 1.76 bits per heavy atom. The number of nitrogens with zero attached hydrogens (tertiary/aromatic N) is 3. The van der Waals surface area contributed by atoms with Gasteiger partial charge in [0.15, 0.2) is 0 Å². The molecular weight excluding hydrogens is 468 g/mol. The molecule has 1 aromatic heterocycles. The maximum Gasteiger partial charge on any atom is 0.410 e. The van der Waals surface area contributed by atoms with Crippen molar-refractivity contribution in [2.75, 3.05) is 17.6 Å². The second-order valence-electron chi connectivity index (χ2n) is 10.6. The third kappa shape index (κ3) is 5.35. The number of hydrogen-bond donors (Lipinski definition) is 3. The number of piperidine rings is 1. The largest absolute Gasteiger partial charge is 0.457 e. The van der Waals surface area contributed by atoms with Crippen LogP contribution in [0.25, 0.3) is 0 Å². The second kappa shape index (κ2) is 9.72. The van der Waals surface area contributed by atoms with E-state index in [4.69, 9.17) is 20.6 Å². The van der Waals surface area contributed by atoms with Crippen molar-refractivity contribution in [2.24, 2.45) is 5.92 Å². The van der Waals surface area contributed by atoms with Crippen LogP contribution in [0, 0.1) is 11.3 Å². The lowest BCUT2D eigenvalue weighted by Gasteiger charge is -2.33. The Morgan fingerprint density at radius 1 is 1.05 bits per heavy atom. The average molecular weight is 501 g/mol. The number of amides is 1. The number of fused-ring (bicyclic) bond motifs is 2. The van der Waals surface area contributed by atoms with Gasteiger partial charge in [0.25, 0.3) is 0 Å². The minimum Gasteiger partial charge on any atom is -0.457 e. The van der Waals surface area contributed by atoms with Gasteiger partial charge in [0.1, 0.15) is 35.1 Å². The fourth-order valence-corrected chi connectivity index (χ4v) is 5.06. The van der Waals surface area contributed by atoms with Gasteiger partial charge in [-0.05, 0) is 75.9 Å². The number of rotatable bonds is 6. The van der Waals surface area contributed by atoms with Crippen LogP contribution in [-0.4, -0.2) is 50.9 Å². The Morgan fingerprint density at radius 3 is 2.41 bits per heavy atom. The van der Waals surface area contributed by atoms with E-state index in [0.717, 1.165) is 18.6 Å². The van der Waals surface area contributed by atoms with E-state index in [-0.39, 0.29) is 35.6 Å². The highest BCUT2D eigenvalue weighted by molar-refractivity contribution is 6.16. The molecule has 1 aliphatic heterocycles. The average Bonchev–Trinajstić information content (AvgIpc) is 3.45. The molecule has 4 N–H and O–H groups in total.